The molecule has 0 bridgehead atoms. The summed E-state index contributed by atoms with van der Waals surface area (Å²) in [6, 6.07) is 12.7. The molecule has 0 aliphatic heterocycles. The summed E-state index contributed by atoms with van der Waals surface area (Å²) in [5.74, 6) is 1.11. The topological polar surface area (TPSA) is 84.9 Å². The van der Waals surface area contributed by atoms with Crippen molar-refractivity contribution < 1.29 is 22.7 Å². The second-order valence-electron chi connectivity index (χ2n) is 7.42. The predicted octanol–water partition coefficient (Wildman–Crippen LogP) is 3.83. The van der Waals surface area contributed by atoms with Gasteiger partial charge in [0.1, 0.15) is 0 Å². The number of rotatable bonds is 11. The minimum Gasteiger partial charge on any atom is -0.493 e. The summed E-state index contributed by atoms with van der Waals surface area (Å²) in [4.78, 5) is 12.5. The summed E-state index contributed by atoms with van der Waals surface area (Å²) in [6.07, 6.45) is 2.52. The Morgan fingerprint density at radius 3 is 2.26 bits per heavy atom. The molecule has 1 atom stereocenters. The van der Waals surface area contributed by atoms with E-state index in [9.17, 15) is 13.2 Å². The molecule has 0 saturated heterocycles. The Morgan fingerprint density at radius 2 is 1.71 bits per heavy atom. The second-order valence-corrected chi connectivity index (χ2v) is 9.32. The molecule has 2 aromatic carbocycles. The molecule has 0 fully saturated rings. The lowest BCUT2D eigenvalue weighted by Gasteiger charge is -2.23. The van der Waals surface area contributed by atoms with E-state index < -0.39 is 10.0 Å². The van der Waals surface area contributed by atoms with Crippen molar-refractivity contribution in [1.82, 2.24) is 5.32 Å². The van der Waals surface area contributed by atoms with Crippen molar-refractivity contribution in [2.75, 3.05) is 31.3 Å². The number of anilines is 1. The maximum absolute atomic E-state index is 12.5. The molecule has 0 aromatic heterocycles. The Hall–Kier alpha value is -2.74. The van der Waals surface area contributed by atoms with E-state index >= 15 is 0 Å². The zero-order valence-electron chi connectivity index (χ0n) is 18.8. The van der Waals surface area contributed by atoms with Crippen LogP contribution in [0.3, 0.4) is 0 Å². The summed E-state index contributed by atoms with van der Waals surface area (Å²) in [7, 11) is -0.289. The molecular formula is C23H32N2O5S. The van der Waals surface area contributed by atoms with E-state index in [1.807, 2.05) is 44.2 Å². The Labute approximate surface area is 185 Å². The molecule has 1 amide bonds. The summed E-state index contributed by atoms with van der Waals surface area (Å²) in [5.41, 5.74) is 2.58. The maximum atomic E-state index is 12.5. The lowest BCUT2D eigenvalue weighted by molar-refractivity contribution is -0.121. The first-order chi connectivity index (χ1) is 14.7. The van der Waals surface area contributed by atoms with Gasteiger partial charge in [0, 0.05) is 13.0 Å². The number of hydrogen-bond acceptors (Lipinski definition) is 5. The number of ether oxygens (including phenoxy) is 2. The Bertz CT molecular complexity index is 974. The third-order valence-electron chi connectivity index (χ3n) is 5.04. The highest BCUT2D eigenvalue weighted by Gasteiger charge is 2.19. The van der Waals surface area contributed by atoms with E-state index in [1.54, 1.807) is 26.4 Å². The molecule has 31 heavy (non-hydrogen) atoms. The molecule has 0 spiro atoms. The zero-order valence-corrected chi connectivity index (χ0v) is 19.7. The summed E-state index contributed by atoms with van der Waals surface area (Å²) < 4.78 is 36.4. The van der Waals surface area contributed by atoms with Crippen LogP contribution in [-0.4, -0.2) is 41.3 Å². The van der Waals surface area contributed by atoms with Crippen LogP contribution in [0.25, 0.3) is 0 Å². The van der Waals surface area contributed by atoms with Gasteiger partial charge in [0.05, 0.1) is 32.2 Å². The van der Waals surface area contributed by atoms with Crippen LogP contribution in [0.4, 0.5) is 5.69 Å². The molecular weight excluding hydrogens is 416 g/mol. The van der Waals surface area contributed by atoms with Crippen LogP contribution in [0.15, 0.2) is 42.5 Å². The number of methoxy groups -OCH3 is 2. The molecule has 2 rings (SSSR count). The van der Waals surface area contributed by atoms with Crippen molar-refractivity contribution in [1.29, 1.82) is 0 Å². The number of carbonyl (C=O) groups is 1. The smallest absolute Gasteiger partial charge is 0.232 e. The van der Waals surface area contributed by atoms with Gasteiger partial charge in [0.2, 0.25) is 15.9 Å². The van der Waals surface area contributed by atoms with Gasteiger partial charge in [-0.2, -0.15) is 0 Å². The van der Waals surface area contributed by atoms with Gasteiger partial charge in [-0.3, -0.25) is 9.10 Å². The quantitative estimate of drug-likeness (QED) is 0.565. The van der Waals surface area contributed by atoms with Gasteiger partial charge in [-0.1, -0.05) is 30.7 Å². The first-order valence-electron chi connectivity index (χ1n) is 10.2. The third kappa shape index (κ3) is 6.89. The highest BCUT2D eigenvalue weighted by atomic mass is 32.2. The van der Waals surface area contributed by atoms with Crippen molar-refractivity contribution in [3.05, 3.63) is 53.6 Å². The van der Waals surface area contributed by atoms with Crippen LogP contribution in [0.5, 0.6) is 11.5 Å². The van der Waals surface area contributed by atoms with E-state index in [0.717, 1.165) is 11.1 Å². The van der Waals surface area contributed by atoms with Gasteiger partial charge in [-0.25, -0.2) is 8.42 Å². The number of sulfonamides is 1. The van der Waals surface area contributed by atoms with Gasteiger partial charge < -0.3 is 14.8 Å². The molecule has 7 nitrogen and oxygen atoms in total. The number of nitrogens with zero attached hydrogens (tertiary/aromatic N) is 1. The average molecular weight is 449 g/mol. The fourth-order valence-corrected chi connectivity index (χ4v) is 4.30. The Kier molecular flexibility index (Phi) is 8.74. The molecule has 0 heterocycles. The van der Waals surface area contributed by atoms with E-state index in [-0.39, 0.29) is 24.9 Å². The van der Waals surface area contributed by atoms with Crippen molar-refractivity contribution in [3.8, 4) is 11.5 Å². The van der Waals surface area contributed by atoms with E-state index in [4.69, 9.17) is 9.47 Å². The van der Waals surface area contributed by atoms with Crippen LogP contribution >= 0.6 is 0 Å². The lowest BCUT2D eigenvalue weighted by Crippen LogP contribution is -2.33. The Morgan fingerprint density at radius 1 is 1.06 bits per heavy atom. The van der Waals surface area contributed by atoms with E-state index in [0.29, 0.717) is 30.0 Å². The van der Waals surface area contributed by atoms with Crippen LogP contribution in [0.1, 0.15) is 43.4 Å². The van der Waals surface area contributed by atoms with Gasteiger partial charge in [0.15, 0.2) is 11.5 Å². The largest absolute Gasteiger partial charge is 0.493 e. The molecule has 0 aliphatic carbocycles. The SMILES string of the molecule is CCC(NC(=O)CCCN(c1ccc(C)cc1)S(C)(=O)=O)c1ccc(OC)c(OC)c1. The van der Waals surface area contributed by atoms with Crippen LogP contribution in [0, 0.1) is 6.92 Å². The van der Waals surface area contributed by atoms with Crippen LogP contribution in [0.2, 0.25) is 0 Å². The van der Waals surface area contributed by atoms with Crippen molar-refractivity contribution in [2.24, 2.45) is 0 Å². The van der Waals surface area contributed by atoms with Gasteiger partial charge in [-0.05, 0) is 49.6 Å². The molecule has 170 valence electrons. The molecule has 0 radical (unpaired) electrons. The average Bonchev–Trinajstić information content (AvgIpc) is 2.74. The van der Waals surface area contributed by atoms with Gasteiger partial charge >= 0.3 is 0 Å². The number of amides is 1. The standard InChI is InChI=1S/C23H32N2O5S/c1-6-20(18-11-14-21(29-3)22(16-18)30-4)24-23(26)8-7-15-25(31(5,27)28)19-12-9-17(2)10-13-19/h9-14,16,20H,6-8,15H2,1-5H3,(H,24,26). The highest BCUT2D eigenvalue weighted by molar-refractivity contribution is 7.92. The number of benzene rings is 2. The molecule has 1 N–H and O–H groups in total. The lowest BCUT2D eigenvalue weighted by atomic mass is 10.0. The first-order valence-corrected chi connectivity index (χ1v) is 12.1. The fraction of sp³-hybridized carbons (Fsp3) is 0.435. The summed E-state index contributed by atoms with van der Waals surface area (Å²) >= 11 is 0. The van der Waals surface area contributed by atoms with Crippen molar-refractivity contribution in [2.45, 2.75) is 39.2 Å². The predicted molar refractivity (Wildman–Crippen MR) is 123 cm³/mol. The number of hydrogen-bond donors (Lipinski definition) is 1. The minimum absolute atomic E-state index is 0.126. The monoisotopic (exact) mass is 448 g/mol. The Balaban J connectivity index is 2.00. The van der Waals surface area contributed by atoms with Gasteiger partial charge in [0.25, 0.3) is 0 Å². The van der Waals surface area contributed by atoms with E-state index in [2.05, 4.69) is 5.32 Å². The number of carbonyl (C=O) groups excluding carboxylic acids is 1. The summed E-state index contributed by atoms with van der Waals surface area (Å²) in [6.45, 7) is 4.17. The fourth-order valence-electron chi connectivity index (χ4n) is 3.34. The number of nitrogens with one attached hydrogen (secondary N) is 1. The molecule has 1 unspecified atom stereocenters. The number of aryl methyl sites for hydroxylation is 1. The zero-order chi connectivity index (χ0) is 23.0. The molecule has 0 saturated carbocycles. The summed E-state index contributed by atoms with van der Waals surface area (Å²) in [5, 5.41) is 3.03. The van der Waals surface area contributed by atoms with Crippen molar-refractivity contribution >= 4 is 21.6 Å². The normalized spacial score (nSPS) is 12.2. The van der Waals surface area contributed by atoms with Gasteiger partial charge in [-0.15, -0.1) is 0 Å². The molecule has 2 aromatic rings. The minimum atomic E-state index is -3.44. The first kappa shape index (κ1) is 24.5. The van der Waals surface area contributed by atoms with E-state index in [1.165, 1.54) is 10.6 Å². The second kappa shape index (κ2) is 11.0. The molecule has 0 aliphatic rings. The van der Waals surface area contributed by atoms with Crippen LogP contribution < -0.4 is 19.1 Å². The highest BCUT2D eigenvalue weighted by Crippen LogP contribution is 2.31. The van der Waals surface area contributed by atoms with Crippen molar-refractivity contribution in [3.63, 3.8) is 0 Å². The molecule has 8 heteroatoms. The maximum Gasteiger partial charge on any atom is 0.232 e. The van der Waals surface area contributed by atoms with Crippen LogP contribution in [-0.2, 0) is 14.8 Å². The third-order valence-corrected chi connectivity index (χ3v) is 6.23.